The number of aromatic carboxylic acids is 1. The van der Waals surface area contributed by atoms with Gasteiger partial charge in [0.1, 0.15) is 11.3 Å². The van der Waals surface area contributed by atoms with Gasteiger partial charge in [-0.2, -0.15) is 5.10 Å². The molecular formula is C22H26N2O3. The minimum Gasteiger partial charge on any atom is -0.478 e. The molecular weight excluding hydrogens is 340 g/mol. The number of benzene rings is 1. The van der Waals surface area contributed by atoms with Gasteiger partial charge in [0.15, 0.2) is 0 Å². The van der Waals surface area contributed by atoms with Crippen molar-refractivity contribution >= 4 is 5.97 Å². The molecule has 5 heteroatoms. The lowest BCUT2D eigenvalue weighted by Gasteiger charge is -2.56. The van der Waals surface area contributed by atoms with Crippen LogP contribution in [0.25, 0.3) is 5.69 Å². The highest BCUT2D eigenvalue weighted by Crippen LogP contribution is 2.57. The average molecular weight is 366 g/mol. The van der Waals surface area contributed by atoms with Crippen molar-refractivity contribution in [2.75, 3.05) is 0 Å². The first kappa shape index (κ1) is 17.0. The Labute approximate surface area is 159 Å². The molecule has 5 nitrogen and oxygen atoms in total. The van der Waals surface area contributed by atoms with Gasteiger partial charge in [-0.1, -0.05) is 18.2 Å². The van der Waals surface area contributed by atoms with E-state index in [0.29, 0.717) is 5.69 Å². The molecule has 27 heavy (non-hydrogen) atoms. The summed E-state index contributed by atoms with van der Waals surface area (Å²) < 4.78 is 8.14. The van der Waals surface area contributed by atoms with Gasteiger partial charge in [-0.15, -0.1) is 0 Å². The van der Waals surface area contributed by atoms with Crippen molar-refractivity contribution in [3.05, 3.63) is 47.3 Å². The number of aryl methyl sites for hydroxylation is 1. The molecule has 4 saturated carbocycles. The Morgan fingerprint density at radius 1 is 1.19 bits per heavy atom. The Morgan fingerprint density at radius 2 is 1.81 bits per heavy atom. The standard InChI is InChI=1S/C22H26N2O3/c1-14-4-2-3-5-20(14)24-12-18(21(25)26)19(23-24)13-27-22-9-15-6-16(10-22)8-17(7-15)11-22/h2-5,12,15-17H,6-11,13H2,1H3,(H,25,26). The minimum atomic E-state index is -0.945. The Bertz CT molecular complexity index is 850. The Kier molecular flexibility index (Phi) is 3.90. The van der Waals surface area contributed by atoms with Gasteiger partial charge in [-0.25, -0.2) is 9.48 Å². The first-order chi connectivity index (χ1) is 13.0. The van der Waals surface area contributed by atoms with E-state index in [1.807, 2.05) is 31.2 Å². The highest BCUT2D eigenvalue weighted by atomic mass is 16.5. The van der Waals surface area contributed by atoms with Gasteiger partial charge < -0.3 is 9.84 Å². The zero-order valence-electron chi connectivity index (χ0n) is 15.7. The van der Waals surface area contributed by atoms with Crippen LogP contribution in [-0.4, -0.2) is 26.5 Å². The van der Waals surface area contributed by atoms with E-state index in [0.717, 1.165) is 48.3 Å². The van der Waals surface area contributed by atoms with Crippen molar-refractivity contribution in [2.24, 2.45) is 17.8 Å². The largest absolute Gasteiger partial charge is 0.478 e. The quantitative estimate of drug-likeness (QED) is 0.854. The summed E-state index contributed by atoms with van der Waals surface area (Å²) in [5.74, 6) is 1.47. The predicted molar refractivity (Wildman–Crippen MR) is 101 cm³/mol. The van der Waals surface area contributed by atoms with E-state index in [4.69, 9.17) is 4.74 Å². The molecule has 4 aliphatic rings. The fourth-order valence-corrected chi connectivity index (χ4v) is 6.07. The minimum absolute atomic E-state index is 0.0447. The number of rotatable bonds is 5. The summed E-state index contributed by atoms with van der Waals surface area (Å²) in [5, 5.41) is 14.2. The lowest BCUT2D eigenvalue weighted by Crippen LogP contribution is -2.51. The van der Waals surface area contributed by atoms with Crippen molar-refractivity contribution in [1.29, 1.82) is 0 Å². The molecule has 4 fully saturated rings. The number of carboxylic acids is 1. The third-order valence-electron chi connectivity index (χ3n) is 6.88. The summed E-state index contributed by atoms with van der Waals surface area (Å²) >= 11 is 0. The fourth-order valence-electron chi connectivity index (χ4n) is 6.07. The van der Waals surface area contributed by atoms with Gasteiger partial charge >= 0.3 is 5.97 Å². The number of hydrogen-bond donors (Lipinski definition) is 1. The molecule has 0 saturated heterocycles. The molecule has 1 heterocycles. The molecule has 4 aliphatic carbocycles. The lowest BCUT2D eigenvalue weighted by atomic mass is 9.54. The van der Waals surface area contributed by atoms with Gasteiger partial charge in [0.2, 0.25) is 0 Å². The van der Waals surface area contributed by atoms with E-state index in [1.54, 1.807) is 10.9 Å². The fraction of sp³-hybridized carbons (Fsp3) is 0.545. The van der Waals surface area contributed by atoms with Gasteiger partial charge in [-0.05, 0) is 74.8 Å². The van der Waals surface area contributed by atoms with Crippen LogP contribution in [0.5, 0.6) is 0 Å². The van der Waals surface area contributed by atoms with Crippen LogP contribution in [0.3, 0.4) is 0 Å². The molecule has 0 amide bonds. The van der Waals surface area contributed by atoms with E-state index in [-0.39, 0.29) is 17.8 Å². The second-order valence-corrected chi connectivity index (χ2v) is 8.91. The molecule has 0 spiro atoms. The molecule has 6 rings (SSSR count). The number of hydrogen-bond acceptors (Lipinski definition) is 3. The van der Waals surface area contributed by atoms with Crippen LogP contribution in [-0.2, 0) is 11.3 Å². The van der Waals surface area contributed by atoms with Crippen molar-refractivity contribution in [2.45, 2.75) is 57.7 Å². The molecule has 0 unspecified atom stereocenters. The molecule has 142 valence electrons. The van der Waals surface area contributed by atoms with E-state index >= 15 is 0 Å². The Balaban J connectivity index is 1.40. The van der Waals surface area contributed by atoms with E-state index in [2.05, 4.69) is 5.10 Å². The third kappa shape index (κ3) is 2.98. The SMILES string of the molecule is Cc1ccccc1-n1cc(C(=O)O)c(COC23CC4CC(CC(C4)C2)C3)n1. The maximum atomic E-state index is 11.8. The summed E-state index contributed by atoms with van der Waals surface area (Å²) in [6.45, 7) is 2.29. The third-order valence-corrected chi connectivity index (χ3v) is 6.88. The normalized spacial score (nSPS) is 31.4. The summed E-state index contributed by atoms with van der Waals surface area (Å²) in [5.41, 5.74) is 2.69. The Hall–Kier alpha value is -2.14. The van der Waals surface area contributed by atoms with Gasteiger partial charge in [0, 0.05) is 6.20 Å². The second kappa shape index (κ2) is 6.20. The van der Waals surface area contributed by atoms with Crippen LogP contribution < -0.4 is 0 Å². The van der Waals surface area contributed by atoms with E-state index < -0.39 is 5.97 Å². The van der Waals surface area contributed by atoms with Crippen LogP contribution in [0.1, 0.15) is 60.1 Å². The molecule has 1 aromatic carbocycles. The second-order valence-electron chi connectivity index (χ2n) is 8.91. The number of para-hydroxylation sites is 1. The van der Waals surface area contributed by atoms with Gasteiger partial charge in [-0.3, -0.25) is 0 Å². The topological polar surface area (TPSA) is 64.4 Å². The van der Waals surface area contributed by atoms with Crippen LogP contribution >= 0.6 is 0 Å². The summed E-state index contributed by atoms with van der Waals surface area (Å²) in [6, 6.07) is 7.87. The van der Waals surface area contributed by atoms with Crippen LogP contribution in [0.2, 0.25) is 0 Å². The maximum absolute atomic E-state index is 11.8. The van der Waals surface area contributed by atoms with Crippen molar-refractivity contribution < 1.29 is 14.6 Å². The molecule has 0 radical (unpaired) electrons. The molecule has 4 bridgehead atoms. The van der Waals surface area contributed by atoms with Crippen molar-refractivity contribution in [1.82, 2.24) is 9.78 Å². The zero-order chi connectivity index (χ0) is 18.6. The average Bonchev–Trinajstić information content (AvgIpc) is 3.04. The highest BCUT2D eigenvalue weighted by molar-refractivity contribution is 5.88. The number of aromatic nitrogens is 2. The summed E-state index contributed by atoms with van der Waals surface area (Å²) in [6.07, 6.45) is 9.13. The van der Waals surface area contributed by atoms with Crippen LogP contribution in [0, 0.1) is 24.7 Å². The molecule has 1 N–H and O–H groups in total. The van der Waals surface area contributed by atoms with Crippen molar-refractivity contribution in [3.8, 4) is 5.69 Å². The molecule has 2 aromatic rings. The Morgan fingerprint density at radius 3 is 2.41 bits per heavy atom. The zero-order valence-corrected chi connectivity index (χ0v) is 15.7. The van der Waals surface area contributed by atoms with Crippen molar-refractivity contribution in [3.63, 3.8) is 0 Å². The van der Waals surface area contributed by atoms with Crippen LogP contribution in [0.4, 0.5) is 0 Å². The van der Waals surface area contributed by atoms with Gasteiger partial charge in [0.25, 0.3) is 0 Å². The van der Waals surface area contributed by atoms with Crippen LogP contribution in [0.15, 0.2) is 30.5 Å². The van der Waals surface area contributed by atoms with E-state index in [1.165, 1.54) is 19.3 Å². The lowest BCUT2D eigenvalue weighted by molar-refractivity contribution is -0.169. The number of carbonyl (C=O) groups is 1. The molecule has 0 atom stereocenters. The highest BCUT2D eigenvalue weighted by Gasteiger charge is 2.51. The maximum Gasteiger partial charge on any atom is 0.339 e. The molecule has 1 aromatic heterocycles. The number of nitrogens with zero attached hydrogens (tertiary/aromatic N) is 2. The summed E-state index contributed by atoms with van der Waals surface area (Å²) in [7, 11) is 0. The number of carboxylic acid groups (broad SMARTS) is 1. The molecule has 0 aliphatic heterocycles. The van der Waals surface area contributed by atoms with E-state index in [9.17, 15) is 9.90 Å². The predicted octanol–water partition coefficient (Wildman–Crippen LogP) is 4.36. The van der Waals surface area contributed by atoms with Gasteiger partial charge in [0.05, 0.1) is 17.9 Å². The first-order valence-electron chi connectivity index (χ1n) is 10.0. The monoisotopic (exact) mass is 366 g/mol. The number of ether oxygens (including phenoxy) is 1. The summed E-state index contributed by atoms with van der Waals surface area (Å²) in [4.78, 5) is 11.8. The smallest absolute Gasteiger partial charge is 0.339 e. The first-order valence-corrected chi connectivity index (χ1v) is 10.0.